The highest BCUT2D eigenvalue weighted by molar-refractivity contribution is 6.30. The van der Waals surface area contributed by atoms with Crippen molar-refractivity contribution in [3.05, 3.63) is 34.6 Å². The maximum atomic E-state index is 12.9. The SMILES string of the molecule is O=C(O)C[C@@H](NC(=O)NCc1ccc(F)c(Cl)c1)C(=O)O. The van der Waals surface area contributed by atoms with E-state index in [9.17, 15) is 18.8 Å². The molecule has 0 aliphatic carbocycles. The molecule has 4 N–H and O–H groups in total. The fraction of sp³-hybridized carbons (Fsp3) is 0.250. The third-order valence-corrected chi connectivity index (χ3v) is 2.71. The van der Waals surface area contributed by atoms with Gasteiger partial charge in [-0.15, -0.1) is 0 Å². The number of halogens is 2. The molecule has 0 bridgehead atoms. The van der Waals surface area contributed by atoms with E-state index in [1.54, 1.807) is 0 Å². The predicted molar refractivity (Wildman–Crippen MR) is 70.5 cm³/mol. The Hall–Kier alpha value is -2.35. The summed E-state index contributed by atoms with van der Waals surface area (Å²) in [5, 5.41) is 21.5. The zero-order valence-corrected chi connectivity index (χ0v) is 11.4. The first kappa shape index (κ1) is 16.7. The second kappa shape index (κ2) is 7.44. The summed E-state index contributed by atoms with van der Waals surface area (Å²) < 4.78 is 12.9. The normalized spacial score (nSPS) is 11.5. The largest absolute Gasteiger partial charge is 0.481 e. The van der Waals surface area contributed by atoms with Crippen molar-refractivity contribution < 1.29 is 29.0 Å². The van der Waals surface area contributed by atoms with E-state index in [1.807, 2.05) is 5.32 Å². The Kier molecular flexibility index (Phi) is 5.92. The topological polar surface area (TPSA) is 116 Å². The lowest BCUT2D eigenvalue weighted by Crippen LogP contribution is -2.46. The first-order valence-electron chi connectivity index (χ1n) is 5.72. The van der Waals surface area contributed by atoms with Crippen LogP contribution in [0.15, 0.2) is 18.2 Å². The van der Waals surface area contributed by atoms with Crippen LogP contribution in [0.2, 0.25) is 5.02 Å². The summed E-state index contributed by atoms with van der Waals surface area (Å²) in [6.45, 7) is -0.0226. The molecule has 2 amide bonds. The number of hydrogen-bond donors (Lipinski definition) is 4. The molecule has 21 heavy (non-hydrogen) atoms. The molecule has 7 nitrogen and oxygen atoms in total. The van der Waals surface area contributed by atoms with Gasteiger partial charge in [0.15, 0.2) is 0 Å². The van der Waals surface area contributed by atoms with Crippen molar-refractivity contribution in [1.82, 2.24) is 10.6 Å². The molecule has 0 aromatic heterocycles. The van der Waals surface area contributed by atoms with Crippen molar-refractivity contribution in [2.45, 2.75) is 19.0 Å². The van der Waals surface area contributed by atoms with E-state index in [2.05, 4.69) is 5.32 Å². The Morgan fingerprint density at radius 2 is 1.95 bits per heavy atom. The number of carboxylic acids is 2. The van der Waals surface area contributed by atoms with Gasteiger partial charge in [-0.1, -0.05) is 17.7 Å². The van der Waals surface area contributed by atoms with E-state index in [4.69, 9.17) is 21.8 Å². The highest BCUT2D eigenvalue weighted by atomic mass is 35.5. The number of hydrogen-bond acceptors (Lipinski definition) is 3. The van der Waals surface area contributed by atoms with Crippen LogP contribution in [0.3, 0.4) is 0 Å². The number of amides is 2. The summed E-state index contributed by atoms with van der Waals surface area (Å²) in [6.07, 6.45) is -0.745. The van der Waals surface area contributed by atoms with Crippen molar-refractivity contribution >= 4 is 29.6 Å². The molecule has 9 heteroatoms. The molecule has 0 radical (unpaired) electrons. The second-order valence-corrected chi connectivity index (χ2v) is 4.47. The number of aliphatic carboxylic acids is 2. The van der Waals surface area contributed by atoms with Crippen LogP contribution in [0.5, 0.6) is 0 Å². The molecule has 0 aliphatic heterocycles. The van der Waals surface area contributed by atoms with Crippen molar-refractivity contribution in [3.8, 4) is 0 Å². The maximum absolute atomic E-state index is 12.9. The summed E-state index contributed by atoms with van der Waals surface area (Å²) in [5.74, 6) is -3.41. The van der Waals surface area contributed by atoms with E-state index in [0.717, 1.165) is 6.07 Å². The van der Waals surface area contributed by atoms with Gasteiger partial charge in [0, 0.05) is 6.54 Å². The first-order valence-corrected chi connectivity index (χ1v) is 6.10. The number of carbonyl (C=O) groups is 3. The fourth-order valence-corrected chi connectivity index (χ4v) is 1.62. The average molecular weight is 319 g/mol. The number of benzene rings is 1. The monoisotopic (exact) mass is 318 g/mol. The van der Waals surface area contributed by atoms with E-state index in [0.29, 0.717) is 5.56 Å². The van der Waals surface area contributed by atoms with Crippen LogP contribution in [0.1, 0.15) is 12.0 Å². The van der Waals surface area contributed by atoms with Crippen molar-refractivity contribution in [2.75, 3.05) is 0 Å². The van der Waals surface area contributed by atoms with E-state index in [1.165, 1.54) is 12.1 Å². The van der Waals surface area contributed by atoms with E-state index >= 15 is 0 Å². The molecule has 0 aliphatic rings. The van der Waals surface area contributed by atoms with Gasteiger partial charge >= 0.3 is 18.0 Å². The summed E-state index contributed by atoms with van der Waals surface area (Å²) in [6, 6.07) is 1.43. The van der Waals surface area contributed by atoms with Crippen LogP contribution >= 0.6 is 11.6 Å². The molecule has 1 rings (SSSR count). The lowest BCUT2D eigenvalue weighted by atomic mass is 10.2. The zero-order chi connectivity index (χ0) is 16.0. The van der Waals surface area contributed by atoms with Gasteiger partial charge in [-0.2, -0.15) is 0 Å². The number of carboxylic acid groups (broad SMARTS) is 2. The van der Waals surface area contributed by atoms with E-state index in [-0.39, 0.29) is 11.6 Å². The highest BCUT2D eigenvalue weighted by Crippen LogP contribution is 2.15. The Morgan fingerprint density at radius 3 is 2.48 bits per heavy atom. The first-order chi connectivity index (χ1) is 9.79. The summed E-state index contributed by atoms with van der Waals surface area (Å²) in [4.78, 5) is 32.7. The molecule has 0 fully saturated rings. The zero-order valence-electron chi connectivity index (χ0n) is 10.6. The fourth-order valence-electron chi connectivity index (χ4n) is 1.42. The summed E-state index contributed by atoms with van der Waals surface area (Å²) in [5.41, 5.74) is 0.502. The molecule has 0 unspecified atom stereocenters. The van der Waals surface area contributed by atoms with Crippen LogP contribution < -0.4 is 10.6 Å². The summed E-state index contributed by atoms with van der Waals surface area (Å²) >= 11 is 5.57. The minimum atomic E-state index is -1.54. The van der Waals surface area contributed by atoms with Crippen LogP contribution in [0.25, 0.3) is 0 Å². The van der Waals surface area contributed by atoms with Crippen molar-refractivity contribution in [3.63, 3.8) is 0 Å². The van der Waals surface area contributed by atoms with Gasteiger partial charge < -0.3 is 20.8 Å². The molecular weight excluding hydrogens is 307 g/mol. The third-order valence-electron chi connectivity index (χ3n) is 2.42. The molecular formula is C12H12ClFN2O5. The summed E-state index contributed by atoms with van der Waals surface area (Å²) in [7, 11) is 0. The predicted octanol–water partition coefficient (Wildman–Crippen LogP) is 1.21. The highest BCUT2D eigenvalue weighted by Gasteiger charge is 2.22. The lowest BCUT2D eigenvalue weighted by molar-refractivity contribution is -0.145. The maximum Gasteiger partial charge on any atom is 0.326 e. The Labute approximate surface area is 123 Å². The molecule has 0 saturated carbocycles. The van der Waals surface area contributed by atoms with Gasteiger partial charge in [-0.25, -0.2) is 14.0 Å². The average Bonchev–Trinajstić information content (AvgIpc) is 2.38. The van der Waals surface area contributed by atoms with Gasteiger partial charge in [0.05, 0.1) is 11.4 Å². The smallest absolute Gasteiger partial charge is 0.326 e. The third kappa shape index (κ3) is 5.65. The molecule has 114 valence electrons. The number of nitrogens with one attached hydrogen (secondary N) is 2. The van der Waals surface area contributed by atoms with Crippen LogP contribution in [0, 0.1) is 5.82 Å². The molecule has 1 aromatic carbocycles. The number of carbonyl (C=O) groups excluding carboxylic acids is 1. The van der Waals surface area contributed by atoms with E-state index < -0.39 is 36.2 Å². The Balaban J connectivity index is 2.54. The van der Waals surface area contributed by atoms with Crippen LogP contribution in [-0.2, 0) is 16.1 Å². The second-order valence-electron chi connectivity index (χ2n) is 4.06. The molecule has 0 saturated heterocycles. The lowest BCUT2D eigenvalue weighted by Gasteiger charge is -2.13. The van der Waals surface area contributed by atoms with Gasteiger partial charge in [0.1, 0.15) is 11.9 Å². The minimum Gasteiger partial charge on any atom is -0.481 e. The van der Waals surface area contributed by atoms with Crippen molar-refractivity contribution in [1.29, 1.82) is 0 Å². The van der Waals surface area contributed by atoms with Gasteiger partial charge in [0.2, 0.25) is 0 Å². The van der Waals surface area contributed by atoms with Gasteiger partial charge in [-0.3, -0.25) is 4.79 Å². The number of rotatable bonds is 6. The number of urea groups is 1. The quantitative estimate of drug-likeness (QED) is 0.629. The molecule has 0 heterocycles. The van der Waals surface area contributed by atoms with Gasteiger partial charge in [0.25, 0.3) is 0 Å². The Bertz CT molecular complexity index is 567. The molecule has 0 spiro atoms. The van der Waals surface area contributed by atoms with Crippen LogP contribution in [-0.4, -0.2) is 34.2 Å². The Morgan fingerprint density at radius 1 is 1.29 bits per heavy atom. The van der Waals surface area contributed by atoms with Crippen molar-refractivity contribution in [2.24, 2.45) is 0 Å². The molecule has 1 atom stereocenters. The van der Waals surface area contributed by atoms with Crippen LogP contribution in [0.4, 0.5) is 9.18 Å². The van der Waals surface area contributed by atoms with Gasteiger partial charge in [-0.05, 0) is 17.7 Å². The molecule has 1 aromatic rings. The minimum absolute atomic E-state index is 0.0226. The standard InChI is InChI=1S/C12H12ClFN2O5/c13-7-3-6(1-2-8(7)14)5-15-12(21)16-9(11(19)20)4-10(17)18/h1-3,9H,4-5H2,(H,17,18)(H,19,20)(H2,15,16,21)/t9-/m1/s1.